The molecule has 1 spiro atoms. The van der Waals surface area contributed by atoms with Gasteiger partial charge in [-0.15, -0.1) is 20.4 Å². The molecule has 4 heterocycles. The Balaban J connectivity index is 1.26. The number of anilines is 1. The third-order valence-electron chi connectivity index (χ3n) is 5.83. The summed E-state index contributed by atoms with van der Waals surface area (Å²) in [7, 11) is 0. The second kappa shape index (κ2) is 7.73. The fraction of sp³-hybridized carbons (Fsp3) is 0.400. The molecule has 0 atom stereocenters. The lowest BCUT2D eigenvalue weighted by Gasteiger charge is -2.44. The van der Waals surface area contributed by atoms with Crippen LogP contribution in [-0.2, 0) is 17.8 Å². The largest absolute Gasteiger partial charge is 0.487 e. The maximum Gasteiger partial charge on any atom is 0.327 e. The van der Waals surface area contributed by atoms with Crippen molar-refractivity contribution in [1.82, 2.24) is 30.4 Å². The van der Waals surface area contributed by atoms with E-state index in [9.17, 15) is 4.79 Å². The van der Waals surface area contributed by atoms with E-state index in [1.807, 2.05) is 12.1 Å². The summed E-state index contributed by atoms with van der Waals surface area (Å²) in [6.45, 7) is 5.21. The molecule has 31 heavy (non-hydrogen) atoms. The zero-order valence-electron chi connectivity index (χ0n) is 16.8. The number of carboxylic acids is 1. The summed E-state index contributed by atoms with van der Waals surface area (Å²) in [5, 5.41) is 30.3. The van der Waals surface area contributed by atoms with Gasteiger partial charge >= 0.3 is 5.97 Å². The fourth-order valence-corrected chi connectivity index (χ4v) is 5.00. The van der Waals surface area contributed by atoms with Gasteiger partial charge in [-0.2, -0.15) is 4.80 Å². The second-order valence-electron chi connectivity index (χ2n) is 7.73. The molecule has 3 aromatic rings. The first kappa shape index (κ1) is 19.6. The zero-order chi connectivity index (χ0) is 21.4. The van der Waals surface area contributed by atoms with Crippen LogP contribution in [0.1, 0.15) is 30.4 Å². The molecule has 1 saturated heterocycles. The van der Waals surface area contributed by atoms with Crippen LogP contribution in [0.3, 0.4) is 0 Å². The fourth-order valence-electron chi connectivity index (χ4n) is 4.18. The predicted molar refractivity (Wildman–Crippen MR) is 114 cm³/mol. The van der Waals surface area contributed by atoms with Crippen LogP contribution in [0.25, 0.3) is 16.9 Å². The Bertz CT molecular complexity index is 1130. The van der Waals surface area contributed by atoms with Gasteiger partial charge in [0.1, 0.15) is 11.4 Å². The number of hydrogen-bond acceptors (Lipinski definition) is 9. The zero-order valence-corrected chi connectivity index (χ0v) is 17.6. The molecule has 0 radical (unpaired) electrons. The summed E-state index contributed by atoms with van der Waals surface area (Å²) in [6, 6.07) is 6.16. The minimum absolute atomic E-state index is 0.141. The molecule has 2 aromatic heterocycles. The number of ether oxygens (including phenoxy) is 1. The highest BCUT2D eigenvalue weighted by Crippen LogP contribution is 2.41. The monoisotopic (exact) mass is 439 g/mol. The number of benzene rings is 1. The van der Waals surface area contributed by atoms with Gasteiger partial charge in [0.05, 0.1) is 0 Å². The van der Waals surface area contributed by atoms with E-state index >= 15 is 0 Å². The number of carbonyl (C=O) groups is 1. The summed E-state index contributed by atoms with van der Waals surface area (Å²) < 4.78 is 6.51. The Hall–Kier alpha value is -3.34. The average molecular weight is 440 g/mol. The van der Waals surface area contributed by atoms with Crippen molar-refractivity contribution < 1.29 is 14.6 Å². The molecule has 0 saturated carbocycles. The Kier molecular flexibility index (Phi) is 4.89. The molecule has 2 aliphatic heterocycles. The molecule has 1 N–H and O–H groups in total. The highest BCUT2D eigenvalue weighted by Gasteiger charge is 2.40. The van der Waals surface area contributed by atoms with Crippen molar-refractivity contribution in [3.8, 4) is 16.6 Å². The van der Waals surface area contributed by atoms with E-state index in [4.69, 9.17) is 9.84 Å². The minimum Gasteiger partial charge on any atom is -0.487 e. The van der Waals surface area contributed by atoms with Crippen LogP contribution >= 0.6 is 11.3 Å². The van der Waals surface area contributed by atoms with Gasteiger partial charge in [-0.3, -0.25) is 4.79 Å². The van der Waals surface area contributed by atoms with Gasteiger partial charge < -0.3 is 14.7 Å². The smallest absolute Gasteiger partial charge is 0.327 e. The quantitative estimate of drug-likeness (QED) is 0.638. The lowest BCUT2D eigenvalue weighted by Crippen LogP contribution is -2.49. The lowest BCUT2D eigenvalue weighted by molar-refractivity contribution is -0.138. The van der Waals surface area contributed by atoms with Gasteiger partial charge in [-0.05, 0) is 29.7 Å². The molecule has 1 aromatic carbocycles. The van der Waals surface area contributed by atoms with Crippen molar-refractivity contribution in [3.63, 3.8) is 0 Å². The lowest BCUT2D eigenvalue weighted by atomic mass is 9.82. The normalized spacial score (nSPS) is 17.2. The van der Waals surface area contributed by atoms with E-state index < -0.39 is 5.97 Å². The van der Waals surface area contributed by atoms with Crippen LogP contribution in [0.15, 0.2) is 24.8 Å². The number of hydrogen-bond donors (Lipinski definition) is 1. The summed E-state index contributed by atoms with van der Waals surface area (Å²) in [4.78, 5) is 14.0. The molecule has 5 rings (SSSR count). The summed E-state index contributed by atoms with van der Waals surface area (Å²) in [6.07, 6.45) is 5.71. The Morgan fingerprint density at radius 3 is 2.87 bits per heavy atom. The van der Waals surface area contributed by atoms with Crippen molar-refractivity contribution in [2.75, 3.05) is 18.0 Å². The Morgan fingerprint density at radius 1 is 1.26 bits per heavy atom. The van der Waals surface area contributed by atoms with Crippen LogP contribution in [-0.4, -0.2) is 60.2 Å². The number of aromatic nitrogens is 6. The number of rotatable bonds is 5. The first-order valence-electron chi connectivity index (χ1n) is 10.1. The molecule has 1 fully saturated rings. The topological polar surface area (TPSA) is 119 Å². The van der Waals surface area contributed by atoms with E-state index in [0.717, 1.165) is 60.0 Å². The van der Waals surface area contributed by atoms with Gasteiger partial charge in [0.15, 0.2) is 11.6 Å². The van der Waals surface area contributed by atoms with Crippen LogP contribution < -0.4 is 9.64 Å². The van der Waals surface area contributed by atoms with E-state index in [-0.39, 0.29) is 18.0 Å². The maximum absolute atomic E-state index is 10.8. The van der Waals surface area contributed by atoms with Crippen LogP contribution in [0.4, 0.5) is 5.13 Å². The van der Waals surface area contributed by atoms with Gasteiger partial charge in [0, 0.05) is 31.5 Å². The number of piperidine rings is 1. The first-order chi connectivity index (χ1) is 15.0. The van der Waals surface area contributed by atoms with Crippen LogP contribution in [0.5, 0.6) is 5.75 Å². The third kappa shape index (κ3) is 3.76. The van der Waals surface area contributed by atoms with Crippen molar-refractivity contribution in [3.05, 3.63) is 35.9 Å². The molecule has 10 nitrogen and oxygen atoms in total. The van der Waals surface area contributed by atoms with Gasteiger partial charge in [-0.1, -0.05) is 36.1 Å². The van der Waals surface area contributed by atoms with Gasteiger partial charge in [-0.25, -0.2) is 0 Å². The number of fused-ring (bicyclic) bond motifs is 1. The number of tetrazole rings is 1. The number of carboxylic acid groups (broad SMARTS) is 1. The van der Waals surface area contributed by atoms with E-state index in [1.165, 1.54) is 16.9 Å². The van der Waals surface area contributed by atoms with Crippen LogP contribution in [0.2, 0.25) is 0 Å². The second-order valence-corrected chi connectivity index (χ2v) is 8.68. The third-order valence-corrected chi connectivity index (χ3v) is 6.81. The van der Waals surface area contributed by atoms with E-state index in [2.05, 4.69) is 49.2 Å². The predicted octanol–water partition coefficient (Wildman–Crippen LogP) is 2.28. The summed E-state index contributed by atoms with van der Waals surface area (Å²) in [5.74, 6) is 0.229. The van der Waals surface area contributed by atoms with Gasteiger partial charge in [0.25, 0.3) is 0 Å². The maximum atomic E-state index is 10.8. The first-order valence-corrected chi connectivity index (χ1v) is 10.9. The van der Waals surface area contributed by atoms with Gasteiger partial charge in [0.2, 0.25) is 11.0 Å². The van der Waals surface area contributed by atoms with Crippen molar-refractivity contribution in [2.24, 2.45) is 0 Å². The minimum atomic E-state index is -1.03. The van der Waals surface area contributed by atoms with Crippen molar-refractivity contribution >= 4 is 28.5 Å². The molecular weight excluding hydrogens is 418 g/mol. The molecule has 0 unspecified atom stereocenters. The molecule has 160 valence electrons. The highest BCUT2D eigenvalue weighted by atomic mass is 32.1. The Labute approximate surface area is 182 Å². The summed E-state index contributed by atoms with van der Waals surface area (Å²) >= 11 is 1.38. The molecule has 2 aliphatic rings. The Morgan fingerprint density at radius 2 is 2.10 bits per heavy atom. The SMILES string of the molecule is C=Cc1cccc2c1CCC1(CCN(c3nnc(-c4nnn(CC(=O)O)n4)s3)CC1)O2. The molecular formula is C20H21N7O3S. The molecule has 11 heteroatoms. The van der Waals surface area contributed by atoms with E-state index in [1.54, 1.807) is 0 Å². The number of aliphatic carboxylic acids is 1. The van der Waals surface area contributed by atoms with E-state index in [0.29, 0.717) is 5.01 Å². The number of nitrogens with zero attached hydrogens (tertiary/aromatic N) is 7. The average Bonchev–Trinajstić information content (AvgIpc) is 3.43. The van der Waals surface area contributed by atoms with Crippen molar-refractivity contribution in [1.29, 1.82) is 0 Å². The highest BCUT2D eigenvalue weighted by molar-refractivity contribution is 7.18. The molecule has 0 amide bonds. The summed E-state index contributed by atoms with van der Waals surface area (Å²) in [5.41, 5.74) is 2.26. The molecule has 0 aliphatic carbocycles. The van der Waals surface area contributed by atoms with Crippen molar-refractivity contribution in [2.45, 2.75) is 37.8 Å². The molecule has 0 bridgehead atoms. The van der Waals surface area contributed by atoms with Crippen LogP contribution in [0, 0.1) is 0 Å². The standard InChI is InChI=1S/C20H21N7O3S/c1-2-13-4-3-5-15-14(13)6-7-20(30-15)8-10-26(11-9-20)19-23-22-18(31-19)17-21-25-27(24-17)12-16(28)29/h2-5H,1,6-12H2,(H,28,29).